The predicted octanol–water partition coefficient (Wildman–Crippen LogP) is 1.83. The molecule has 6 nitrogen and oxygen atoms in total. The number of hydrogen-bond donors (Lipinski definition) is 1. The van der Waals surface area contributed by atoms with Crippen molar-refractivity contribution in [1.29, 1.82) is 4.78 Å². The average molecular weight is 304 g/mol. The van der Waals surface area contributed by atoms with Gasteiger partial charge >= 0.3 is 6.09 Å². The maximum atomic E-state index is 12.1. The van der Waals surface area contributed by atoms with E-state index in [0.29, 0.717) is 44.0 Å². The van der Waals surface area contributed by atoms with Crippen molar-refractivity contribution >= 4 is 15.8 Å². The van der Waals surface area contributed by atoms with Gasteiger partial charge in [0.25, 0.3) is 0 Å². The van der Waals surface area contributed by atoms with Crippen LogP contribution in [0.15, 0.2) is 0 Å². The van der Waals surface area contributed by atoms with Crippen molar-refractivity contribution in [2.75, 3.05) is 31.2 Å². The number of carbonyl (C=O) groups excluding carboxylic acids is 1. The van der Waals surface area contributed by atoms with E-state index in [9.17, 15) is 9.00 Å². The molecule has 0 aromatic carbocycles. The zero-order valence-electron chi connectivity index (χ0n) is 12.4. The van der Waals surface area contributed by atoms with E-state index in [4.69, 9.17) is 14.3 Å². The summed E-state index contributed by atoms with van der Waals surface area (Å²) >= 11 is 0. The highest BCUT2D eigenvalue weighted by molar-refractivity contribution is 7.92. The second-order valence-electron chi connectivity index (χ2n) is 6.65. The summed E-state index contributed by atoms with van der Waals surface area (Å²) in [6, 6.07) is 0. The van der Waals surface area contributed by atoms with Crippen LogP contribution < -0.4 is 0 Å². The third-order valence-corrected chi connectivity index (χ3v) is 5.40. The highest BCUT2D eigenvalue weighted by Gasteiger charge is 2.42. The topological polar surface area (TPSA) is 79.7 Å². The molecule has 0 atom stereocenters. The summed E-state index contributed by atoms with van der Waals surface area (Å²) in [4.78, 5) is 13.8. The van der Waals surface area contributed by atoms with Crippen molar-refractivity contribution in [3.8, 4) is 0 Å². The normalized spacial score (nSPS) is 35.0. The molecule has 20 heavy (non-hydrogen) atoms. The Kier molecular flexibility index (Phi) is 4.03. The lowest BCUT2D eigenvalue weighted by Gasteiger charge is -2.45. The molecule has 0 radical (unpaired) electrons. The summed E-state index contributed by atoms with van der Waals surface area (Å²) in [6.45, 7) is 6.99. The maximum absolute atomic E-state index is 12.1. The second kappa shape index (κ2) is 5.18. The van der Waals surface area contributed by atoms with E-state index in [2.05, 4.69) is 0 Å². The summed E-state index contributed by atoms with van der Waals surface area (Å²) in [5, 5.41) is 0. The molecule has 0 saturated carbocycles. The van der Waals surface area contributed by atoms with Crippen LogP contribution in [0.2, 0.25) is 0 Å². The van der Waals surface area contributed by atoms with Crippen LogP contribution in [0, 0.1) is 4.78 Å². The average Bonchev–Trinajstić information content (AvgIpc) is 2.32. The van der Waals surface area contributed by atoms with E-state index in [-0.39, 0.29) is 6.09 Å². The number of nitrogens with one attached hydrogen (secondary N) is 1. The van der Waals surface area contributed by atoms with Gasteiger partial charge in [-0.1, -0.05) is 0 Å². The highest BCUT2D eigenvalue weighted by Crippen LogP contribution is 2.31. The smallest absolute Gasteiger partial charge is 0.410 e. The quantitative estimate of drug-likeness (QED) is 0.740. The molecule has 2 heterocycles. The van der Waals surface area contributed by atoms with Gasteiger partial charge in [-0.2, -0.15) is 0 Å². The molecule has 7 heteroatoms. The summed E-state index contributed by atoms with van der Waals surface area (Å²) in [5.74, 6) is 0.713. The zero-order valence-corrected chi connectivity index (χ0v) is 13.3. The molecule has 2 fully saturated rings. The zero-order chi connectivity index (χ0) is 15.0. The molecule has 1 N–H and O–H groups in total. The molecular formula is C13H24N2O4S. The third-order valence-electron chi connectivity index (χ3n) is 3.67. The van der Waals surface area contributed by atoms with Gasteiger partial charge in [-0.25, -0.2) is 9.00 Å². The molecule has 0 aliphatic carbocycles. The van der Waals surface area contributed by atoms with Crippen LogP contribution in [0.3, 0.4) is 0 Å². The Morgan fingerprint density at radius 1 is 1.35 bits per heavy atom. The lowest BCUT2D eigenvalue weighted by atomic mass is 9.94. The Morgan fingerprint density at radius 3 is 2.50 bits per heavy atom. The molecule has 0 aromatic rings. The van der Waals surface area contributed by atoms with Gasteiger partial charge in [0, 0.05) is 27.8 Å². The van der Waals surface area contributed by atoms with Crippen LogP contribution in [-0.4, -0.2) is 57.6 Å². The maximum Gasteiger partial charge on any atom is 0.410 e. The van der Waals surface area contributed by atoms with Crippen molar-refractivity contribution in [3.63, 3.8) is 0 Å². The van der Waals surface area contributed by atoms with E-state index in [1.165, 1.54) is 0 Å². The van der Waals surface area contributed by atoms with Gasteiger partial charge in [-0.15, -0.1) is 0 Å². The SMILES string of the molecule is CC(C)(C)OC(=O)N1CCOC2(CCS(=N)(=O)CC2)C1. The molecule has 0 aromatic heterocycles. The molecule has 2 saturated heterocycles. The van der Waals surface area contributed by atoms with Crippen LogP contribution >= 0.6 is 0 Å². The fraction of sp³-hybridized carbons (Fsp3) is 0.923. The van der Waals surface area contributed by atoms with Gasteiger partial charge in [0.05, 0.1) is 18.8 Å². The van der Waals surface area contributed by atoms with E-state index >= 15 is 0 Å². The lowest BCUT2D eigenvalue weighted by Crippen LogP contribution is -2.57. The van der Waals surface area contributed by atoms with Crippen molar-refractivity contribution in [2.24, 2.45) is 0 Å². The minimum Gasteiger partial charge on any atom is -0.444 e. The Bertz CT molecular complexity index is 467. The molecule has 116 valence electrons. The Labute approximate surface area is 120 Å². The number of morpholine rings is 1. The summed E-state index contributed by atoms with van der Waals surface area (Å²) in [7, 11) is -2.44. The number of carbonyl (C=O) groups is 1. The highest BCUT2D eigenvalue weighted by atomic mass is 32.2. The van der Waals surface area contributed by atoms with Crippen LogP contribution in [0.4, 0.5) is 4.79 Å². The molecule has 0 unspecified atom stereocenters. The molecule has 2 aliphatic rings. The first kappa shape index (κ1) is 15.6. The van der Waals surface area contributed by atoms with Crippen LogP contribution in [0.1, 0.15) is 33.6 Å². The van der Waals surface area contributed by atoms with E-state index in [1.54, 1.807) is 4.90 Å². The minimum absolute atomic E-state index is 0.322. The summed E-state index contributed by atoms with van der Waals surface area (Å²) < 4.78 is 30.6. The van der Waals surface area contributed by atoms with Gasteiger partial charge in [0.15, 0.2) is 0 Å². The van der Waals surface area contributed by atoms with Crippen LogP contribution in [-0.2, 0) is 19.2 Å². The van der Waals surface area contributed by atoms with Gasteiger partial charge in [-0.3, -0.25) is 4.78 Å². The van der Waals surface area contributed by atoms with Crippen molar-refractivity contribution in [2.45, 2.75) is 44.8 Å². The first-order valence-corrected chi connectivity index (χ1v) is 8.87. The number of nitrogens with zero attached hydrogens (tertiary/aromatic N) is 1. The second-order valence-corrected chi connectivity index (χ2v) is 9.09. The largest absolute Gasteiger partial charge is 0.444 e. The minimum atomic E-state index is -2.44. The first-order chi connectivity index (χ1) is 9.11. The third kappa shape index (κ3) is 3.85. The van der Waals surface area contributed by atoms with Gasteiger partial charge in [-0.05, 0) is 33.6 Å². The molecule has 0 bridgehead atoms. The Hall–Kier alpha value is -0.820. The molecular weight excluding hydrogens is 280 g/mol. The van der Waals surface area contributed by atoms with Gasteiger partial charge in [0.1, 0.15) is 5.60 Å². The van der Waals surface area contributed by atoms with Crippen molar-refractivity contribution < 1.29 is 18.5 Å². The number of amides is 1. The Balaban J connectivity index is 2.00. The predicted molar refractivity (Wildman–Crippen MR) is 76.3 cm³/mol. The lowest BCUT2D eigenvalue weighted by molar-refractivity contribution is -0.112. The van der Waals surface area contributed by atoms with E-state index < -0.39 is 20.9 Å². The van der Waals surface area contributed by atoms with E-state index in [1.807, 2.05) is 20.8 Å². The number of rotatable bonds is 0. The fourth-order valence-electron chi connectivity index (χ4n) is 2.56. The van der Waals surface area contributed by atoms with Crippen LogP contribution in [0.5, 0.6) is 0 Å². The first-order valence-electron chi connectivity index (χ1n) is 6.97. The van der Waals surface area contributed by atoms with Crippen molar-refractivity contribution in [3.05, 3.63) is 0 Å². The Morgan fingerprint density at radius 2 is 1.95 bits per heavy atom. The van der Waals surface area contributed by atoms with Gasteiger partial charge < -0.3 is 14.4 Å². The molecule has 2 aliphatic heterocycles. The summed E-state index contributed by atoms with van der Waals surface area (Å²) in [5.41, 5.74) is -0.943. The number of hydrogen-bond acceptors (Lipinski definition) is 5. The standard InChI is InChI=1S/C13H24N2O4S/c1-12(2,3)19-11(16)15-6-7-18-13(10-15)4-8-20(14,17)9-5-13/h14H,4-10H2,1-3H3. The molecule has 1 amide bonds. The monoisotopic (exact) mass is 304 g/mol. The molecule has 2 rings (SSSR count). The van der Waals surface area contributed by atoms with Gasteiger partial charge in [0.2, 0.25) is 0 Å². The summed E-state index contributed by atoms with van der Waals surface area (Å²) in [6.07, 6.45) is 0.834. The fourth-order valence-corrected chi connectivity index (χ4v) is 4.17. The van der Waals surface area contributed by atoms with Crippen LogP contribution in [0.25, 0.3) is 0 Å². The van der Waals surface area contributed by atoms with E-state index in [0.717, 1.165) is 0 Å². The molecule has 1 spiro atoms. The number of ether oxygens (including phenoxy) is 2. The van der Waals surface area contributed by atoms with Crippen molar-refractivity contribution in [1.82, 2.24) is 4.90 Å².